The van der Waals surface area contributed by atoms with Crippen LogP contribution in [0.25, 0.3) is 11.1 Å². The van der Waals surface area contributed by atoms with Gasteiger partial charge in [0.2, 0.25) is 15.7 Å². The number of aryl methyl sites for hydroxylation is 1. The zero-order valence-corrected chi connectivity index (χ0v) is 23.2. The van der Waals surface area contributed by atoms with Gasteiger partial charge in [-0.15, -0.1) is 0 Å². The van der Waals surface area contributed by atoms with Crippen molar-refractivity contribution in [2.45, 2.75) is 47.9 Å². The molecule has 0 spiro atoms. The van der Waals surface area contributed by atoms with Gasteiger partial charge >= 0.3 is 0 Å². The Labute approximate surface area is 236 Å². The Kier molecular flexibility index (Phi) is 6.62. The van der Waals surface area contributed by atoms with E-state index in [4.69, 9.17) is 0 Å². The van der Waals surface area contributed by atoms with E-state index in [0.29, 0.717) is 34.9 Å². The molecule has 2 aromatic heterocycles. The van der Waals surface area contributed by atoms with E-state index >= 15 is 0 Å². The van der Waals surface area contributed by atoms with Crippen LogP contribution < -0.4 is 11.1 Å². The summed E-state index contributed by atoms with van der Waals surface area (Å²) >= 11 is 0. The monoisotopic (exact) mass is 568 g/mol. The van der Waals surface area contributed by atoms with E-state index in [9.17, 15) is 28.4 Å². The number of sulfone groups is 1. The standard InChI is InChI=1S/C31H28N4O5S/c1-34-15-3-6-25(30(34)37)21-11-13-24(14-12-21)41(39,40)28-29(36)33-26(17-19-7-8-19)35(31(28)38)27(22-9-10-22)23-5-2-4-20(16-23)18-32/h2-6,11-16,19,22,27,38H,7-10,17H2,1H3/t27-/m0/s1. The molecule has 2 fully saturated rings. The number of pyridine rings is 1. The molecule has 4 aromatic rings. The second kappa shape index (κ2) is 10.2. The Balaban J connectivity index is 1.49. The van der Waals surface area contributed by atoms with Crippen LogP contribution in [0.5, 0.6) is 5.88 Å². The molecule has 2 aliphatic carbocycles. The lowest BCUT2D eigenvalue weighted by molar-refractivity contribution is 0.347. The van der Waals surface area contributed by atoms with Gasteiger partial charge in [-0.25, -0.2) is 8.42 Å². The minimum Gasteiger partial charge on any atom is -0.493 e. The molecule has 41 heavy (non-hydrogen) atoms. The summed E-state index contributed by atoms with van der Waals surface area (Å²) in [5, 5.41) is 21.1. The highest BCUT2D eigenvalue weighted by atomic mass is 32.2. The van der Waals surface area contributed by atoms with Crippen LogP contribution in [0.15, 0.2) is 86.2 Å². The van der Waals surface area contributed by atoms with Gasteiger partial charge in [0.05, 0.1) is 22.6 Å². The van der Waals surface area contributed by atoms with E-state index in [1.165, 1.54) is 33.4 Å². The number of hydrogen-bond acceptors (Lipinski definition) is 7. The van der Waals surface area contributed by atoms with Gasteiger partial charge in [-0.05, 0) is 85.0 Å². The zero-order valence-electron chi connectivity index (χ0n) is 22.4. The van der Waals surface area contributed by atoms with Crippen LogP contribution >= 0.6 is 0 Å². The summed E-state index contributed by atoms with van der Waals surface area (Å²) in [6.45, 7) is 0. The fraction of sp³-hybridized carbons (Fsp3) is 0.290. The Bertz CT molecular complexity index is 1930. The summed E-state index contributed by atoms with van der Waals surface area (Å²) in [6.07, 6.45) is 5.75. The fourth-order valence-electron chi connectivity index (χ4n) is 5.39. The van der Waals surface area contributed by atoms with Crippen LogP contribution in [0.4, 0.5) is 0 Å². The number of aromatic nitrogens is 3. The van der Waals surface area contributed by atoms with Gasteiger partial charge in [-0.1, -0.05) is 24.3 Å². The first kappa shape index (κ1) is 26.7. The number of nitrogens with zero attached hydrogens (tertiary/aromatic N) is 4. The maximum absolute atomic E-state index is 13.9. The Hall–Kier alpha value is -4.49. The van der Waals surface area contributed by atoms with Crippen molar-refractivity contribution in [1.29, 1.82) is 5.26 Å². The summed E-state index contributed by atoms with van der Waals surface area (Å²) in [5.74, 6) is 0.128. The van der Waals surface area contributed by atoms with Crippen molar-refractivity contribution in [3.8, 4) is 23.1 Å². The molecule has 1 N–H and O–H groups in total. The molecule has 0 saturated heterocycles. The van der Waals surface area contributed by atoms with E-state index in [1.54, 1.807) is 43.6 Å². The lowest BCUT2D eigenvalue weighted by Gasteiger charge is -2.26. The van der Waals surface area contributed by atoms with Crippen LogP contribution in [-0.2, 0) is 23.3 Å². The van der Waals surface area contributed by atoms with Gasteiger partial charge < -0.3 is 9.67 Å². The summed E-state index contributed by atoms with van der Waals surface area (Å²) in [7, 11) is -2.86. The number of hydrogen-bond donors (Lipinski definition) is 1. The molecule has 10 heteroatoms. The van der Waals surface area contributed by atoms with Crippen LogP contribution in [0.1, 0.15) is 48.7 Å². The molecule has 0 bridgehead atoms. The van der Waals surface area contributed by atoms with E-state index in [2.05, 4.69) is 11.1 Å². The molecule has 2 aliphatic rings. The molecule has 9 nitrogen and oxygen atoms in total. The van der Waals surface area contributed by atoms with Crippen molar-refractivity contribution in [3.63, 3.8) is 0 Å². The van der Waals surface area contributed by atoms with E-state index in [0.717, 1.165) is 31.2 Å². The highest BCUT2D eigenvalue weighted by molar-refractivity contribution is 7.91. The van der Waals surface area contributed by atoms with Crippen molar-refractivity contribution in [3.05, 3.63) is 105 Å². The second-order valence-electron chi connectivity index (χ2n) is 10.9. The summed E-state index contributed by atoms with van der Waals surface area (Å²) in [5.41, 5.74) is 0.896. The number of nitriles is 1. The second-order valence-corrected chi connectivity index (χ2v) is 12.8. The van der Waals surface area contributed by atoms with Crippen molar-refractivity contribution < 1.29 is 13.5 Å². The van der Waals surface area contributed by atoms with Crippen molar-refractivity contribution in [2.24, 2.45) is 18.9 Å². The number of aromatic hydroxyl groups is 1. The highest BCUT2D eigenvalue weighted by Crippen LogP contribution is 2.47. The van der Waals surface area contributed by atoms with Crippen LogP contribution in [0, 0.1) is 23.2 Å². The van der Waals surface area contributed by atoms with Crippen LogP contribution in [-0.4, -0.2) is 27.6 Å². The molecule has 208 valence electrons. The molecular weight excluding hydrogens is 540 g/mol. The SMILES string of the molecule is Cn1cccc(-c2ccc(S(=O)(=O)c3c(O)n([C@H](c4cccc(C#N)c4)C4CC4)c(CC4CC4)nc3=O)cc2)c1=O. The molecule has 2 aromatic carbocycles. The average molecular weight is 569 g/mol. The van der Waals surface area contributed by atoms with Gasteiger partial charge in [0, 0.05) is 25.2 Å². The van der Waals surface area contributed by atoms with E-state index in [1.807, 2.05) is 6.07 Å². The largest absolute Gasteiger partial charge is 0.493 e. The topological polar surface area (TPSA) is 135 Å². The van der Waals surface area contributed by atoms with Gasteiger partial charge in [-0.2, -0.15) is 10.2 Å². The molecule has 6 rings (SSSR count). The number of rotatable bonds is 8. The molecule has 1 atom stereocenters. The zero-order chi connectivity index (χ0) is 28.9. The predicted octanol–water partition coefficient (Wildman–Crippen LogP) is 3.97. The summed E-state index contributed by atoms with van der Waals surface area (Å²) < 4.78 is 30.7. The molecule has 0 aliphatic heterocycles. The Morgan fingerprint density at radius 3 is 2.44 bits per heavy atom. The van der Waals surface area contributed by atoms with Gasteiger partial charge in [0.15, 0.2) is 4.90 Å². The highest BCUT2D eigenvalue weighted by Gasteiger charge is 2.40. The first-order valence-electron chi connectivity index (χ1n) is 13.5. The molecule has 2 saturated carbocycles. The number of benzene rings is 2. The third kappa shape index (κ3) is 4.98. The maximum atomic E-state index is 13.9. The predicted molar refractivity (Wildman–Crippen MR) is 151 cm³/mol. The van der Waals surface area contributed by atoms with Crippen molar-refractivity contribution in [1.82, 2.24) is 14.1 Å². The molecule has 0 radical (unpaired) electrons. The van der Waals surface area contributed by atoms with E-state index in [-0.39, 0.29) is 16.4 Å². The lowest BCUT2D eigenvalue weighted by atomic mass is 9.99. The lowest BCUT2D eigenvalue weighted by Crippen LogP contribution is -2.28. The normalized spacial score (nSPS) is 15.8. The average Bonchev–Trinajstić information content (AvgIpc) is 3.89. The maximum Gasteiger partial charge on any atom is 0.296 e. The Morgan fingerprint density at radius 1 is 1.05 bits per heavy atom. The van der Waals surface area contributed by atoms with Crippen molar-refractivity contribution >= 4 is 9.84 Å². The van der Waals surface area contributed by atoms with Crippen LogP contribution in [0.2, 0.25) is 0 Å². The van der Waals surface area contributed by atoms with E-state index < -0.39 is 32.2 Å². The summed E-state index contributed by atoms with van der Waals surface area (Å²) in [4.78, 5) is 29.1. The smallest absolute Gasteiger partial charge is 0.296 e. The van der Waals surface area contributed by atoms with Gasteiger partial charge in [0.1, 0.15) is 5.82 Å². The third-order valence-corrected chi connectivity index (χ3v) is 9.66. The first-order chi connectivity index (χ1) is 19.7. The quantitative estimate of drug-likeness (QED) is 0.340. The Morgan fingerprint density at radius 2 is 1.78 bits per heavy atom. The van der Waals surface area contributed by atoms with Crippen LogP contribution in [0.3, 0.4) is 0 Å². The van der Waals surface area contributed by atoms with Gasteiger partial charge in [-0.3, -0.25) is 14.2 Å². The first-order valence-corrected chi connectivity index (χ1v) is 15.0. The molecule has 0 unspecified atom stereocenters. The minimum absolute atomic E-state index is 0.0976. The van der Waals surface area contributed by atoms with Gasteiger partial charge in [0.25, 0.3) is 11.1 Å². The fourth-order valence-corrected chi connectivity index (χ4v) is 6.73. The summed E-state index contributed by atoms with van der Waals surface area (Å²) in [6, 6.07) is 17.7. The minimum atomic E-state index is -4.48. The molecular formula is C31H28N4O5S. The molecule has 0 amide bonds. The molecule has 2 heterocycles. The third-order valence-electron chi connectivity index (χ3n) is 7.87. The van der Waals surface area contributed by atoms with Crippen molar-refractivity contribution in [2.75, 3.05) is 0 Å².